The number of nitrogens with zero attached hydrogens (tertiary/aromatic N) is 1. The SMILES string of the molecule is CCCCOC(=O)N1CC2(CC(O)C2)C1. The quantitative estimate of drug-likeness (QED) is 0.720. The van der Waals surface area contributed by atoms with Crippen molar-refractivity contribution in [2.75, 3.05) is 19.7 Å². The molecule has 0 aromatic rings. The number of unbranched alkanes of at least 4 members (excludes halogenated alkanes) is 1. The molecule has 2 fully saturated rings. The van der Waals surface area contributed by atoms with Gasteiger partial charge in [-0.1, -0.05) is 13.3 Å². The highest BCUT2D eigenvalue weighted by molar-refractivity contribution is 5.69. The van der Waals surface area contributed by atoms with Crippen molar-refractivity contribution in [3.8, 4) is 0 Å². The second kappa shape index (κ2) is 4.00. The van der Waals surface area contributed by atoms with Crippen molar-refractivity contribution in [1.29, 1.82) is 0 Å². The van der Waals surface area contributed by atoms with Gasteiger partial charge in [-0.15, -0.1) is 0 Å². The molecule has 0 aromatic heterocycles. The highest BCUT2D eigenvalue weighted by Gasteiger charge is 2.53. The van der Waals surface area contributed by atoms with Gasteiger partial charge in [-0.2, -0.15) is 0 Å². The van der Waals surface area contributed by atoms with Gasteiger partial charge in [0.1, 0.15) is 0 Å². The topological polar surface area (TPSA) is 49.8 Å². The molecule has 1 saturated heterocycles. The summed E-state index contributed by atoms with van der Waals surface area (Å²) in [7, 11) is 0. The predicted molar refractivity (Wildman–Crippen MR) is 55.5 cm³/mol. The molecule has 4 nitrogen and oxygen atoms in total. The number of hydrogen-bond acceptors (Lipinski definition) is 3. The van der Waals surface area contributed by atoms with Gasteiger partial charge >= 0.3 is 6.09 Å². The summed E-state index contributed by atoms with van der Waals surface area (Å²) in [5, 5.41) is 9.21. The first-order valence-electron chi connectivity index (χ1n) is 5.75. The summed E-state index contributed by atoms with van der Waals surface area (Å²) in [4.78, 5) is 13.2. The molecule has 1 amide bonds. The number of aliphatic hydroxyl groups is 1. The summed E-state index contributed by atoms with van der Waals surface area (Å²) in [5.41, 5.74) is 0.239. The zero-order chi connectivity index (χ0) is 10.9. The van der Waals surface area contributed by atoms with Crippen LogP contribution < -0.4 is 0 Å². The molecule has 15 heavy (non-hydrogen) atoms. The lowest BCUT2D eigenvalue weighted by atomic mass is 9.62. The number of hydrogen-bond donors (Lipinski definition) is 1. The van der Waals surface area contributed by atoms with E-state index >= 15 is 0 Å². The minimum atomic E-state index is -0.185. The van der Waals surface area contributed by atoms with E-state index in [0.717, 1.165) is 38.8 Å². The van der Waals surface area contributed by atoms with Crippen molar-refractivity contribution in [3.05, 3.63) is 0 Å². The van der Waals surface area contributed by atoms with Gasteiger partial charge in [-0.05, 0) is 19.3 Å². The molecule has 1 saturated carbocycles. The number of amides is 1. The normalized spacial score (nSPS) is 23.5. The Hall–Kier alpha value is -0.770. The zero-order valence-corrected chi connectivity index (χ0v) is 9.24. The van der Waals surface area contributed by atoms with Crippen LogP contribution in [-0.4, -0.2) is 41.9 Å². The second-order valence-corrected chi connectivity index (χ2v) is 4.89. The summed E-state index contributed by atoms with van der Waals surface area (Å²) >= 11 is 0. The minimum Gasteiger partial charge on any atom is -0.449 e. The number of aliphatic hydroxyl groups excluding tert-OH is 1. The Morgan fingerprint density at radius 1 is 1.53 bits per heavy atom. The number of carbonyl (C=O) groups excluding carboxylic acids is 1. The summed E-state index contributed by atoms with van der Waals surface area (Å²) < 4.78 is 5.10. The van der Waals surface area contributed by atoms with Crippen molar-refractivity contribution in [2.24, 2.45) is 5.41 Å². The molecule has 0 aromatic carbocycles. The first-order valence-corrected chi connectivity index (χ1v) is 5.75. The van der Waals surface area contributed by atoms with Crippen LogP contribution in [0.1, 0.15) is 32.6 Å². The highest BCUT2D eigenvalue weighted by Crippen LogP contribution is 2.48. The Kier molecular flexibility index (Phi) is 2.87. The fourth-order valence-electron chi connectivity index (χ4n) is 2.49. The van der Waals surface area contributed by atoms with E-state index in [1.807, 2.05) is 0 Å². The lowest BCUT2D eigenvalue weighted by Gasteiger charge is -2.57. The Balaban J connectivity index is 1.64. The van der Waals surface area contributed by atoms with E-state index in [1.165, 1.54) is 0 Å². The maximum atomic E-state index is 11.5. The molecule has 2 rings (SSSR count). The molecule has 86 valence electrons. The predicted octanol–water partition coefficient (Wildman–Crippen LogP) is 1.38. The van der Waals surface area contributed by atoms with Crippen LogP contribution in [0.5, 0.6) is 0 Å². The van der Waals surface area contributed by atoms with E-state index < -0.39 is 0 Å². The molecular formula is C11H19NO3. The van der Waals surface area contributed by atoms with Crippen LogP contribution >= 0.6 is 0 Å². The molecule has 1 N–H and O–H groups in total. The Labute approximate surface area is 90.2 Å². The summed E-state index contributed by atoms with van der Waals surface area (Å²) in [6, 6.07) is 0. The van der Waals surface area contributed by atoms with Gasteiger partial charge in [0.2, 0.25) is 0 Å². The van der Waals surface area contributed by atoms with Gasteiger partial charge in [0, 0.05) is 18.5 Å². The van der Waals surface area contributed by atoms with Crippen LogP contribution in [0.2, 0.25) is 0 Å². The molecule has 1 aliphatic carbocycles. The minimum absolute atomic E-state index is 0.136. The molecule has 2 aliphatic rings. The van der Waals surface area contributed by atoms with Crippen LogP contribution in [0.4, 0.5) is 4.79 Å². The monoisotopic (exact) mass is 213 g/mol. The lowest BCUT2D eigenvalue weighted by Crippen LogP contribution is -2.65. The number of ether oxygens (including phenoxy) is 1. The van der Waals surface area contributed by atoms with Crippen LogP contribution in [0.3, 0.4) is 0 Å². The van der Waals surface area contributed by atoms with E-state index in [4.69, 9.17) is 4.74 Å². The van der Waals surface area contributed by atoms with E-state index in [-0.39, 0.29) is 17.6 Å². The Morgan fingerprint density at radius 2 is 2.20 bits per heavy atom. The van der Waals surface area contributed by atoms with Crippen molar-refractivity contribution >= 4 is 6.09 Å². The van der Waals surface area contributed by atoms with Crippen molar-refractivity contribution in [3.63, 3.8) is 0 Å². The number of carbonyl (C=O) groups is 1. The first kappa shape index (κ1) is 10.7. The number of rotatable bonds is 3. The molecule has 1 heterocycles. The first-order chi connectivity index (χ1) is 7.15. The summed E-state index contributed by atoms with van der Waals surface area (Å²) in [6.07, 6.45) is 3.36. The summed E-state index contributed by atoms with van der Waals surface area (Å²) in [5.74, 6) is 0. The molecule has 1 spiro atoms. The van der Waals surface area contributed by atoms with E-state index in [0.29, 0.717) is 6.61 Å². The van der Waals surface area contributed by atoms with Gasteiger partial charge < -0.3 is 14.7 Å². The third-order valence-electron chi connectivity index (χ3n) is 3.37. The van der Waals surface area contributed by atoms with E-state index in [1.54, 1.807) is 4.90 Å². The van der Waals surface area contributed by atoms with Gasteiger partial charge in [0.25, 0.3) is 0 Å². The molecule has 0 atom stereocenters. The molecule has 1 aliphatic heterocycles. The standard InChI is InChI=1S/C11H19NO3/c1-2-3-4-15-10(14)12-7-11(8-12)5-9(13)6-11/h9,13H,2-8H2,1H3. The fraction of sp³-hybridized carbons (Fsp3) is 0.909. The third kappa shape index (κ3) is 2.09. The van der Waals surface area contributed by atoms with Crippen LogP contribution in [-0.2, 0) is 4.74 Å². The summed E-state index contributed by atoms with van der Waals surface area (Å²) in [6.45, 7) is 4.15. The van der Waals surface area contributed by atoms with E-state index in [2.05, 4.69) is 6.92 Å². The van der Waals surface area contributed by atoms with Crippen LogP contribution in [0.25, 0.3) is 0 Å². The van der Waals surface area contributed by atoms with E-state index in [9.17, 15) is 9.90 Å². The maximum absolute atomic E-state index is 11.5. The second-order valence-electron chi connectivity index (χ2n) is 4.89. The van der Waals surface area contributed by atoms with Crippen molar-refractivity contribution in [1.82, 2.24) is 4.90 Å². The van der Waals surface area contributed by atoms with Gasteiger partial charge in [-0.3, -0.25) is 0 Å². The van der Waals surface area contributed by atoms with Gasteiger partial charge in [-0.25, -0.2) is 4.79 Å². The fourth-order valence-corrected chi connectivity index (χ4v) is 2.49. The average Bonchev–Trinajstić information content (AvgIpc) is 2.09. The zero-order valence-electron chi connectivity index (χ0n) is 9.24. The average molecular weight is 213 g/mol. The van der Waals surface area contributed by atoms with Crippen LogP contribution in [0.15, 0.2) is 0 Å². The van der Waals surface area contributed by atoms with Gasteiger partial charge in [0.15, 0.2) is 0 Å². The Morgan fingerprint density at radius 3 is 2.73 bits per heavy atom. The van der Waals surface area contributed by atoms with Crippen LogP contribution in [0, 0.1) is 5.41 Å². The largest absolute Gasteiger partial charge is 0.449 e. The Bertz CT molecular complexity index is 240. The van der Waals surface area contributed by atoms with Gasteiger partial charge in [0.05, 0.1) is 12.7 Å². The molecule has 0 bridgehead atoms. The van der Waals surface area contributed by atoms with Crippen molar-refractivity contribution < 1.29 is 14.6 Å². The molecular weight excluding hydrogens is 194 g/mol. The third-order valence-corrected chi connectivity index (χ3v) is 3.37. The lowest BCUT2D eigenvalue weighted by molar-refractivity contribution is -0.119. The maximum Gasteiger partial charge on any atom is 0.409 e. The smallest absolute Gasteiger partial charge is 0.409 e. The number of likely N-dealkylation sites (tertiary alicyclic amines) is 1. The highest BCUT2D eigenvalue weighted by atomic mass is 16.6. The molecule has 0 radical (unpaired) electrons. The van der Waals surface area contributed by atoms with Crippen molar-refractivity contribution in [2.45, 2.75) is 38.7 Å². The molecule has 4 heteroatoms. The molecule has 0 unspecified atom stereocenters.